The summed E-state index contributed by atoms with van der Waals surface area (Å²) in [5.74, 6) is -1.70. The molecule has 0 N–H and O–H groups in total. The van der Waals surface area contributed by atoms with Crippen LogP contribution < -0.4 is 4.90 Å². The highest BCUT2D eigenvalue weighted by molar-refractivity contribution is 6.43. The second-order valence-corrected chi connectivity index (χ2v) is 6.24. The lowest BCUT2D eigenvalue weighted by molar-refractivity contribution is -0.126. The van der Waals surface area contributed by atoms with E-state index in [9.17, 15) is 9.59 Å². The minimum atomic E-state index is -0.986. The first-order valence-electron chi connectivity index (χ1n) is 7.20. The number of fused-ring (bicyclic) bond motifs is 1. The quantitative estimate of drug-likeness (QED) is 0.772. The average Bonchev–Trinajstić information content (AvgIpc) is 3.09. The van der Waals surface area contributed by atoms with E-state index in [0.717, 1.165) is 4.90 Å². The summed E-state index contributed by atoms with van der Waals surface area (Å²) in [6, 6.07) is 13.7. The summed E-state index contributed by atoms with van der Waals surface area (Å²) in [6.07, 6.45) is -0.986. The summed E-state index contributed by atoms with van der Waals surface area (Å²) in [7, 11) is 0. The number of hydrogen-bond donors (Lipinski definition) is 0. The van der Waals surface area contributed by atoms with Crippen LogP contribution in [-0.4, -0.2) is 23.6 Å². The molecule has 0 bridgehead atoms. The maximum absolute atomic E-state index is 12.9. The van der Waals surface area contributed by atoms with Gasteiger partial charge in [-0.2, -0.15) is 0 Å². The van der Waals surface area contributed by atoms with Crippen LogP contribution in [0.15, 0.2) is 53.7 Å². The number of amides is 2. The molecule has 2 atom stereocenters. The maximum Gasteiger partial charge on any atom is 0.278 e. The van der Waals surface area contributed by atoms with Gasteiger partial charge in [0.2, 0.25) is 12.0 Å². The molecular formula is C17H10Cl2N2O3. The van der Waals surface area contributed by atoms with E-state index in [-0.39, 0.29) is 5.71 Å². The lowest BCUT2D eigenvalue weighted by atomic mass is 9.94. The SMILES string of the molecule is O=C1[C@@H]2C(c3c(Cl)cccc3Cl)=NO[C@@H]2C(=O)N1c1ccccc1. The third-order valence-electron chi connectivity index (χ3n) is 4.05. The highest BCUT2D eigenvalue weighted by Gasteiger charge is 2.56. The molecule has 0 aromatic heterocycles. The number of imide groups is 1. The smallest absolute Gasteiger partial charge is 0.278 e. The van der Waals surface area contributed by atoms with Crippen LogP contribution in [0.2, 0.25) is 10.0 Å². The fraction of sp³-hybridized carbons (Fsp3) is 0.118. The maximum atomic E-state index is 12.9. The number of carbonyl (C=O) groups is 2. The average molecular weight is 361 g/mol. The first-order chi connectivity index (χ1) is 11.6. The van der Waals surface area contributed by atoms with Crippen LogP contribution >= 0.6 is 23.2 Å². The second-order valence-electron chi connectivity index (χ2n) is 5.42. The summed E-state index contributed by atoms with van der Waals surface area (Å²) < 4.78 is 0. The van der Waals surface area contributed by atoms with E-state index in [1.165, 1.54) is 0 Å². The molecule has 0 spiro atoms. The van der Waals surface area contributed by atoms with Crippen molar-refractivity contribution in [3.63, 3.8) is 0 Å². The van der Waals surface area contributed by atoms with Crippen molar-refractivity contribution in [3.05, 3.63) is 64.1 Å². The molecule has 0 unspecified atom stereocenters. The molecule has 2 amide bonds. The lowest BCUT2D eigenvalue weighted by Gasteiger charge is -2.15. The zero-order valence-electron chi connectivity index (χ0n) is 12.1. The van der Waals surface area contributed by atoms with Gasteiger partial charge in [0.25, 0.3) is 5.91 Å². The van der Waals surface area contributed by atoms with Crippen molar-refractivity contribution in [1.82, 2.24) is 0 Å². The minimum Gasteiger partial charge on any atom is -0.381 e. The fourth-order valence-corrected chi connectivity index (χ4v) is 3.55. The largest absolute Gasteiger partial charge is 0.381 e. The van der Waals surface area contributed by atoms with Gasteiger partial charge in [0.15, 0.2) is 0 Å². The van der Waals surface area contributed by atoms with E-state index < -0.39 is 23.8 Å². The Morgan fingerprint density at radius 2 is 1.58 bits per heavy atom. The van der Waals surface area contributed by atoms with Crippen LogP contribution in [0.4, 0.5) is 5.69 Å². The van der Waals surface area contributed by atoms with Crippen molar-refractivity contribution in [3.8, 4) is 0 Å². The van der Waals surface area contributed by atoms with Crippen LogP contribution in [0.1, 0.15) is 5.56 Å². The number of hydrogen-bond acceptors (Lipinski definition) is 4. The van der Waals surface area contributed by atoms with E-state index in [1.807, 2.05) is 6.07 Å². The van der Waals surface area contributed by atoms with Gasteiger partial charge < -0.3 is 4.84 Å². The van der Waals surface area contributed by atoms with Crippen LogP contribution in [0.25, 0.3) is 0 Å². The molecule has 2 aromatic carbocycles. The monoisotopic (exact) mass is 360 g/mol. The van der Waals surface area contributed by atoms with E-state index in [2.05, 4.69) is 5.16 Å². The van der Waals surface area contributed by atoms with Crippen molar-refractivity contribution in [2.45, 2.75) is 6.10 Å². The normalized spacial score (nSPS) is 22.4. The molecule has 4 rings (SSSR count). The predicted octanol–water partition coefficient (Wildman–Crippen LogP) is 3.29. The number of carbonyl (C=O) groups excluding carboxylic acids is 2. The Labute approximate surface area is 147 Å². The Balaban J connectivity index is 1.77. The van der Waals surface area contributed by atoms with Gasteiger partial charge in [-0.05, 0) is 24.3 Å². The number of oxime groups is 1. The Morgan fingerprint density at radius 1 is 0.917 bits per heavy atom. The molecular weight excluding hydrogens is 351 g/mol. The number of nitrogens with zero attached hydrogens (tertiary/aromatic N) is 2. The molecule has 0 aliphatic carbocycles. The summed E-state index contributed by atoms with van der Waals surface area (Å²) in [4.78, 5) is 31.8. The summed E-state index contributed by atoms with van der Waals surface area (Å²) in [6.45, 7) is 0. The molecule has 0 saturated carbocycles. The highest BCUT2D eigenvalue weighted by atomic mass is 35.5. The number of halogens is 2. The fourth-order valence-electron chi connectivity index (χ4n) is 2.96. The number of rotatable bonds is 2. The van der Waals surface area contributed by atoms with Crippen molar-refractivity contribution < 1.29 is 14.4 Å². The summed E-state index contributed by atoms with van der Waals surface area (Å²) in [5, 5.41) is 4.62. The zero-order chi connectivity index (χ0) is 16.8. The summed E-state index contributed by atoms with van der Waals surface area (Å²) >= 11 is 12.4. The van der Waals surface area contributed by atoms with E-state index >= 15 is 0 Å². The van der Waals surface area contributed by atoms with Crippen LogP contribution in [0.5, 0.6) is 0 Å². The highest BCUT2D eigenvalue weighted by Crippen LogP contribution is 2.38. The van der Waals surface area contributed by atoms with Crippen LogP contribution in [-0.2, 0) is 14.4 Å². The van der Waals surface area contributed by atoms with Gasteiger partial charge in [-0.15, -0.1) is 0 Å². The first-order valence-corrected chi connectivity index (χ1v) is 7.96. The van der Waals surface area contributed by atoms with Gasteiger partial charge in [-0.1, -0.05) is 52.6 Å². The second kappa shape index (κ2) is 5.61. The first kappa shape index (κ1) is 15.2. The van der Waals surface area contributed by atoms with E-state index in [4.69, 9.17) is 28.0 Å². The van der Waals surface area contributed by atoms with Crippen LogP contribution in [0.3, 0.4) is 0 Å². The number of para-hydroxylation sites is 1. The van der Waals surface area contributed by atoms with E-state index in [0.29, 0.717) is 21.3 Å². The number of benzene rings is 2. The molecule has 1 fully saturated rings. The standard InChI is InChI=1S/C17H10Cl2N2O3/c18-10-7-4-8-11(19)12(10)14-13-15(24-20-14)17(23)21(16(13)22)9-5-2-1-3-6-9/h1-8,13,15H/t13-,15+/m1/s1. The molecule has 120 valence electrons. The molecule has 2 aromatic rings. The van der Waals surface area contributed by atoms with Gasteiger partial charge >= 0.3 is 0 Å². The van der Waals surface area contributed by atoms with Gasteiger partial charge in [-0.25, -0.2) is 4.90 Å². The summed E-state index contributed by atoms with van der Waals surface area (Å²) in [5.41, 5.74) is 1.20. The molecule has 2 heterocycles. The Bertz CT molecular complexity index is 862. The van der Waals surface area contributed by atoms with Gasteiger partial charge in [-0.3, -0.25) is 9.59 Å². The third kappa shape index (κ3) is 2.12. The van der Waals surface area contributed by atoms with E-state index in [1.54, 1.807) is 42.5 Å². The van der Waals surface area contributed by atoms with Crippen LogP contribution in [0, 0.1) is 5.92 Å². The molecule has 0 radical (unpaired) electrons. The predicted molar refractivity (Wildman–Crippen MR) is 90.3 cm³/mol. The zero-order valence-corrected chi connectivity index (χ0v) is 13.7. The van der Waals surface area contributed by atoms with Gasteiger partial charge in [0.1, 0.15) is 11.6 Å². The molecule has 1 saturated heterocycles. The molecule has 7 heteroatoms. The molecule has 24 heavy (non-hydrogen) atoms. The minimum absolute atomic E-state index is 0.285. The van der Waals surface area contributed by atoms with Crippen molar-refractivity contribution >= 4 is 46.4 Å². The molecule has 2 aliphatic heterocycles. The van der Waals surface area contributed by atoms with Crippen molar-refractivity contribution in [2.75, 3.05) is 4.90 Å². The molecule has 2 aliphatic rings. The van der Waals surface area contributed by atoms with Crippen molar-refractivity contribution in [2.24, 2.45) is 11.1 Å². The topological polar surface area (TPSA) is 59.0 Å². The van der Waals surface area contributed by atoms with Gasteiger partial charge in [0.05, 0.1) is 15.7 Å². The lowest BCUT2D eigenvalue weighted by Crippen LogP contribution is -2.33. The Hall–Kier alpha value is -2.37. The molecule has 5 nitrogen and oxygen atoms in total. The van der Waals surface area contributed by atoms with Crippen molar-refractivity contribution in [1.29, 1.82) is 0 Å². The van der Waals surface area contributed by atoms with Gasteiger partial charge in [0, 0.05) is 5.56 Å². The Morgan fingerprint density at radius 3 is 2.25 bits per heavy atom. The third-order valence-corrected chi connectivity index (χ3v) is 4.68. The Kier molecular flexibility index (Phi) is 3.55. The number of anilines is 1.